The second-order valence-electron chi connectivity index (χ2n) is 7.17. The average Bonchev–Trinajstić information content (AvgIpc) is 3.59. The van der Waals surface area contributed by atoms with Gasteiger partial charge in [0.05, 0.1) is 21.3 Å². The second-order valence-corrected chi connectivity index (χ2v) is 8.75. The molecule has 15 heteroatoms. The summed E-state index contributed by atoms with van der Waals surface area (Å²) in [7, 11) is 4.32. The van der Waals surface area contributed by atoms with Crippen LogP contribution in [0.3, 0.4) is 0 Å². The van der Waals surface area contributed by atoms with Crippen LogP contribution in [0, 0.1) is 0 Å². The number of nitrogens with zero attached hydrogens (tertiary/aromatic N) is 5. The number of rotatable bonds is 6. The van der Waals surface area contributed by atoms with Crippen LogP contribution in [0.5, 0.6) is 28.7 Å². The van der Waals surface area contributed by atoms with E-state index in [0.29, 0.717) is 51.3 Å². The average molecular weight is 543 g/mol. The van der Waals surface area contributed by atoms with Crippen molar-refractivity contribution in [1.29, 1.82) is 0 Å². The van der Waals surface area contributed by atoms with Crippen molar-refractivity contribution in [1.82, 2.24) is 20.0 Å². The Balaban J connectivity index is 1.72. The van der Waals surface area contributed by atoms with Gasteiger partial charge in [-0.15, -0.1) is 0 Å². The number of methoxy groups -OCH3 is 3. The first-order valence-corrected chi connectivity index (χ1v) is 11.3. The first-order valence-electron chi connectivity index (χ1n) is 10.1. The van der Waals surface area contributed by atoms with Gasteiger partial charge in [0, 0.05) is 22.8 Å². The van der Waals surface area contributed by atoms with Crippen LogP contribution in [0.25, 0.3) is 22.2 Å². The molecule has 0 amide bonds. The molecule has 0 spiro atoms. The lowest BCUT2D eigenvalue weighted by molar-refractivity contribution is -0.734. The molecule has 1 aliphatic heterocycles. The number of thiazole rings is 1. The van der Waals surface area contributed by atoms with Crippen molar-refractivity contribution < 1.29 is 41.7 Å². The fraction of sp³-hybridized carbons (Fsp3) is 0.238. The molecule has 0 N–H and O–H groups in total. The zero-order chi connectivity index (χ0) is 25.6. The summed E-state index contributed by atoms with van der Waals surface area (Å²) in [4.78, 5) is 6.04. The van der Waals surface area contributed by atoms with Crippen molar-refractivity contribution >= 4 is 22.9 Å². The highest BCUT2D eigenvalue weighted by atomic mass is 35.5. The van der Waals surface area contributed by atoms with Gasteiger partial charge in [0.15, 0.2) is 23.0 Å². The molecule has 36 heavy (non-hydrogen) atoms. The van der Waals surface area contributed by atoms with Crippen molar-refractivity contribution in [2.45, 2.75) is 6.18 Å². The van der Waals surface area contributed by atoms with Crippen LogP contribution < -0.4 is 28.5 Å². The van der Waals surface area contributed by atoms with Gasteiger partial charge in [-0.2, -0.15) is 13.2 Å². The van der Waals surface area contributed by atoms with E-state index in [1.54, 1.807) is 30.3 Å². The number of tetrazole rings is 1. The topological polar surface area (TPSA) is 93.6 Å². The summed E-state index contributed by atoms with van der Waals surface area (Å²) in [5.41, 5.74) is -0.359. The first-order chi connectivity index (χ1) is 17.2. The molecule has 1 aliphatic rings. The monoisotopic (exact) mass is 542 g/mol. The highest BCUT2D eigenvalue weighted by molar-refractivity contribution is 7.17. The fourth-order valence-electron chi connectivity index (χ4n) is 3.46. The second kappa shape index (κ2) is 9.02. The third-order valence-corrected chi connectivity index (χ3v) is 6.30. The Labute approximate surface area is 210 Å². The van der Waals surface area contributed by atoms with Gasteiger partial charge in [-0.25, -0.2) is 0 Å². The van der Waals surface area contributed by atoms with E-state index in [4.69, 9.17) is 35.3 Å². The third kappa shape index (κ3) is 4.11. The molecule has 4 aromatic rings. The number of aromatic nitrogens is 5. The quantitative estimate of drug-likeness (QED) is 0.336. The molecule has 0 fully saturated rings. The SMILES string of the molecule is COc1cc(-n2nc(-c3ccc4c(c3)OCO4)n[n+]2-c2nc(C(F)(F)F)c(Cl)s2)cc(OC)c1OC. The molecule has 10 nitrogen and oxygen atoms in total. The molecule has 3 heterocycles. The molecule has 188 valence electrons. The predicted molar refractivity (Wildman–Crippen MR) is 120 cm³/mol. The maximum atomic E-state index is 13.4. The Morgan fingerprint density at radius 3 is 2.33 bits per heavy atom. The molecule has 0 saturated heterocycles. The maximum absolute atomic E-state index is 13.4. The van der Waals surface area contributed by atoms with Crippen LogP contribution >= 0.6 is 22.9 Å². The van der Waals surface area contributed by atoms with E-state index < -0.39 is 16.2 Å². The number of ether oxygens (including phenoxy) is 5. The van der Waals surface area contributed by atoms with Crippen LogP contribution in [-0.4, -0.2) is 48.1 Å². The molecular weight excluding hydrogens is 527 g/mol. The minimum atomic E-state index is -4.75. The van der Waals surface area contributed by atoms with Gasteiger partial charge in [0.2, 0.25) is 18.2 Å². The lowest BCUT2D eigenvalue weighted by atomic mass is 10.2. The summed E-state index contributed by atoms with van der Waals surface area (Å²) in [6.07, 6.45) is -4.75. The van der Waals surface area contributed by atoms with Crippen LogP contribution in [0.1, 0.15) is 5.69 Å². The van der Waals surface area contributed by atoms with Gasteiger partial charge in [-0.1, -0.05) is 16.6 Å². The van der Waals surface area contributed by atoms with Gasteiger partial charge in [-0.05, 0) is 44.2 Å². The van der Waals surface area contributed by atoms with E-state index in [0.717, 1.165) is 4.80 Å². The Kier molecular flexibility index (Phi) is 6.00. The number of benzene rings is 2. The highest BCUT2D eigenvalue weighted by Gasteiger charge is 2.42. The van der Waals surface area contributed by atoms with Crippen LogP contribution in [0.4, 0.5) is 13.2 Å². The van der Waals surface area contributed by atoms with Gasteiger partial charge in [0.25, 0.3) is 5.82 Å². The zero-order valence-electron chi connectivity index (χ0n) is 18.8. The normalized spacial score (nSPS) is 12.6. The molecule has 5 rings (SSSR count). The zero-order valence-corrected chi connectivity index (χ0v) is 20.4. The van der Waals surface area contributed by atoms with Crippen LogP contribution in [0.15, 0.2) is 30.3 Å². The Bertz CT molecular complexity index is 1430. The van der Waals surface area contributed by atoms with Crippen molar-refractivity contribution in [2.24, 2.45) is 0 Å². The molecule has 0 aliphatic carbocycles. The van der Waals surface area contributed by atoms with E-state index >= 15 is 0 Å². The summed E-state index contributed by atoms with van der Waals surface area (Å²) in [6, 6.07) is 8.18. The largest absolute Gasteiger partial charge is 0.493 e. The van der Waals surface area contributed by atoms with Crippen molar-refractivity contribution in [3.05, 3.63) is 40.4 Å². The molecule has 0 atom stereocenters. The molecule has 2 aromatic heterocycles. The maximum Gasteiger partial charge on any atom is 0.451 e. The molecule has 0 bridgehead atoms. The summed E-state index contributed by atoms with van der Waals surface area (Å²) in [6.45, 7) is 0.0733. The van der Waals surface area contributed by atoms with Gasteiger partial charge in [0.1, 0.15) is 10.0 Å². The fourth-order valence-corrected chi connectivity index (χ4v) is 4.57. The smallest absolute Gasteiger partial charge is 0.451 e. The van der Waals surface area contributed by atoms with E-state index in [-0.39, 0.29) is 17.7 Å². The number of fused-ring (bicyclic) bond motifs is 1. The number of hydrogen-bond donors (Lipinski definition) is 0. The van der Waals surface area contributed by atoms with Crippen LogP contribution in [0.2, 0.25) is 4.34 Å². The highest BCUT2D eigenvalue weighted by Crippen LogP contribution is 2.40. The Morgan fingerprint density at radius 1 is 1.03 bits per heavy atom. The standard InChI is InChI=1S/C21H16ClF3N5O5S/c1-31-14-7-11(8-15(32-2)16(14)33-3)29-27-19(10-4-5-12-13(6-10)35-9-34-12)28-30(29)20-26-17(18(22)36-20)21(23,24)25/h4-8H,9H2,1-3H3/q+1. The van der Waals surface area contributed by atoms with Crippen molar-refractivity contribution in [2.75, 3.05) is 28.1 Å². The lowest BCUT2D eigenvalue weighted by Gasteiger charge is -2.13. The van der Waals surface area contributed by atoms with Crippen molar-refractivity contribution in [3.8, 4) is 51.0 Å². The Hall–Kier alpha value is -3.78. The molecule has 0 radical (unpaired) electrons. The third-order valence-electron chi connectivity index (χ3n) is 5.08. The summed E-state index contributed by atoms with van der Waals surface area (Å²) >= 11 is 6.48. The molecular formula is C21H16ClF3N5O5S+. The Morgan fingerprint density at radius 2 is 1.72 bits per heavy atom. The van der Waals surface area contributed by atoms with E-state index in [9.17, 15) is 13.2 Å². The molecule has 2 aromatic carbocycles. The number of halogens is 4. The van der Waals surface area contributed by atoms with Crippen LogP contribution in [-0.2, 0) is 6.18 Å². The minimum absolute atomic E-state index is 0.0733. The first kappa shape index (κ1) is 23.9. The van der Waals surface area contributed by atoms with Gasteiger partial charge >= 0.3 is 11.3 Å². The number of alkyl halides is 3. The van der Waals surface area contributed by atoms with Gasteiger partial charge < -0.3 is 23.7 Å². The minimum Gasteiger partial charge on any atom is -0.493 e. The summed E-state index contributed by atoms with van der Waals surface area (Å²) in [5, 5.41) is 8.78. The molecule has 0 unspecified atom stereocenters. The van der Waals surface area contributed by atoms with Crippen molar-refractivity contribution in [3.63, 3.8) is 0 Å². The van der Waals surface area contributed by atoms with E-state index in [1.165, 1.54) is 26.1 Å². The summed E-state index contributed by atoms with van der Waals surface area (Å²) < 4.78 is 66.6. The number of hydrogen-bond acceptors (Lipinski definition) is 9. The van der Waals surface area contributed by atoms with E-state index in [2.05, 4.69) is 15.2 Å². The summed E-state index contributed by atoms with van der Waals surface area (Å²) in [5.74, 6) is 2.13. The predicted octanol–water partition coefficient (Wildman–Crippen LogP) is 4.09. The molecule has 0 saturated carbocycles. The van der Waals surface area contributed by atoms with E-state index in [1.807, 2.05) is 0 Å². The van der Waals surface area contributed by atoms with Gasteiger partial charge in [-0.3, -0.25) is 0 Å². The lowest BCUT2D eigenvalue weighted by Crippen LogP contribution is -2.43.